The van der Waals surface area contributed by atoms with E-state index in [2.05, 4.69) is 80.9 Å². The zero-order valence-corrected chi connectivity index (χ0v) is 14.3. The number of nitrogens with one attached hydrogen (secondary N) is 1. The lowest BCUT2D eigenvalue weighted by atomic mass is 10.2. The third kappa shape index (κ3) is 3.86. The average Bonchev–Trinajstić information content (AvgIpc) is 2.21. The van der Waals surface area contributed by atoms with Gasteiger partial charge in [-0.25, -0.2) is 0 Å². The average molecular weight is 425 g/mol. The molecule has 0 spiro atoms. The van der Waals surface area contributed by atoms with Crippen LogP contribution in [0.1, 0.15) is 20.3 Å². The molecule has 0 fully saturated rings. The molecule has 2 nitrogen and oxygen atoms in total. The summed E-state index contributed by atoms with van der Waals surface area (Å²) < 4.78 is 2.30. The van der Waals surface area contributed by atoms with Crippen molar-refractivity contribution in [3.05, 3.63) is 26.2 Å². The van der Waals surface area contributed by atoms with Gasteiger partial charge in [-0.15, -0.1) is 0 Å². The van der Waals surface area contributed by atoms with Crippen LogP contribution in [0, 0.1) is 3.57 Å². The molecule has 0 aliphatic carbocycles. The highest BCUT2D eigenvalue weighted by molar-refractivity contribution is 14.1. The molecule has 1 aliphatic rings. The van der Waals surface area contributed by atoms with E-state index < -0.39 is 0 Å². The Kier molecular flexibility index (Phi) is 4.77. The first-order valence-electron chi connectivity index (χ1n) is 5.51. The predicted octanol–water partition coefficient (Wildman–Crippen LogP) is 4.74. The highest BCUT2D eigenvalue weighted by atomic mass is 127. The summed E-state index contributed by atoms with van der Waals surface area (Å²) in [6, 6.07) is 6.69. The normalized spacial score (nSPS) is 24.4. The second-order valence-corrected chi connectivity index (χ2v) is 7.72. The van der Waals surface area contributed by atoms with Crippen LogP contribution in [0.3, 0.4) is 0 Å². The molecule has 1 aliphatic heterocycles. The molecule has 2 rings (SSSR count). The SMILES string of the molecule is CC1CC(C)SC(Nc2ccc(I)cc2Br)=N1. The predicted molar refractivity (Wildman–Crippen MR) is 89.0 cm³/mol. The van der Waals surface area contributed by atoms with E-state index in [1.165, 1.54) is 3.57 Å². The van der Waals surface area contributed by atoms with Gasteiger partial charge in [0.2, 0.25) is 0 Å². The Bertz CT molecular complexity index is 450. The van der Waals surface area contributed by atoms with E-state index >= 15 is 0 Å². The molecular formula is C12H14BrIN2S. The number of anilines is 1. The van der Waals surface area contributed by atoms with Gasteiger partial charge in [0.25, 0.3) is 0 Å². The molecule has 0 aromatic heterocycles. The quantitative estimate of drug-likeness (QED) is 0.658. The summed E-state index contributed by atoms with van der Waals surface area (Å²) in [5.74, 6) is 0. The minimum atomic E-state index is 0.413. The van der Waals surface area contributed by atoms with E-state index in [1.54, 1.807) is 0 Å². The van der Waals surface area contributed by atoms with Gasteiger partial charge in [0.1, 0.15) is 0 Å². The molecule has 0 saturated heterocycles. The van der Waals surface area contributed by atoms with Crippen molar-refractivity contribution in [3.63, 3.8) is 0 Å². The largest absolute Gasteiger partial charge is 0.334 e. The van der Waals surface area contributed by atoms with E-state index in [1.807, 2.05) is 11.8 Å². The standard InChI is InChI=1S/C12H14BrIN2S/c1-7-5-8(2)17-12(15-7)16-11-4-3-9(14)6-10(11)13/h3-4,6-8H,5H2,1-2H3,(H,15,16). The smallest absolute Gasteiger partial charge is 0.161 e. The van der Waals surface area contributed by atoms with Gasteiger partial charge in [-0.1, -0.05) is 18.7 Å². The third-order valence-electron chi connectivity index (χ3n) is 2.50. The van der Waals surface area contributed by atoms with E-state index in [-0.39, 0.29) is 0 Å². The summed E-state index contributed by atoms with van der Waals surface area (Å²) in [5, 5.41) is 5.06. The van der Waals surface area contributed by atoms with Gasteiger partial charge in [0, 0.05) is 13.3 Å². The van der Waals surface area contributed by atoms with Gasteiger partial charge in [-0.2, -0.15) is 0 Å². The fourth-order valence-corrected chi connectivity index (χ4v) is 4.33. The van der Waals surface area contributed by atoms with Gasteiger partial charge in [-0.3, -0.25) is 4.99 Å². The topological polar surface area (TPSA) is 24.4 Å². The van der Waals surface area contributed by atoms with E-state index in [4.69, 9.17) is 0 Å². The third-order valence-corrected chi connectivity index (χ3v) is 4.85. The zero-order chi connectivity index (χ0) is 12.4. The second-order valence-electron chi connectivity index (χ2n) is 4.20. The summed E-state index contributed by atoms with van der Waals surface area (Å²) in [4.78, 5) is 4.64. The van der Waals surface area contributed by atoms with Crippen molar-refractivity contribution in [2.75, 3.05) is 5.32 Å². The van der Waals surface area contributed by atoms with Crippen LogP contribution >= 0.6 is 50.3 Å². The number of nitrogens with zero attached hydrogens (tertiary/aromatic N) is 1. The number of aliphatic imine (C=N–C) groups is 1. The number of halogens is 2. The number of benzene rings is 1. The Morgan fingerprint density at radius 1 is 1.47 bits per heavy atom. The van der Waals surface area contributed by atoms with Crippen LogP contribution in [-0.2, 0) is 0 Å². The Labute approximate surface area is 128 Å². The molecule has 1 aromatic carbocycles. The van der Waals surface area contributed by atoms with Crippen molar-refractivity contribution < 1.29 is 0 Å². The van der Waals surface area contributed by atoms with Gasteiger partial charge in [0.15, 0.2) is 5.17 Å². The molecule has 0 saturated carbocycles. The van der Waals surface area contributed by atoms with Crippen LogP contribution in [0.25, 0.3) is 0 Å². The first-order valence-corrected chi connectivity index (χ1v) is 8.26. The maximum atomic E-state index is 4.64. The van der Waals surface area contributed by atoms with Crippen LogP contribution in [0.4, 0.5) is 5.69 Å². The van der Waals surface area contributed by atoms with Crippen molar-refractivity contribution >= 4 is 61.1 Å². The van der Waals surface area contributed by atoms with Crippen molar-refractivity contribution in [2.24, 2.45) is 4.99 Å². The number of thioether (sulfide) groups is 1. The molecule has 0 bridgehead atoms. The van der Waals surface area contributed by atoms with Gasteiger partial charge in [0.05, 0.1) is 11.7 Å². The summed E-state index contributed by atoms with van der Waals surface area (Å²) in [7, 11) is 0. The van der Waals surface area contributed by atoms with E-state index in [0.717, 1.165) is 21.7 Å². The molecule has 1 heterocycles. The fourth-order valence-electron chi connectivity index (χ4n) is 1.77. The highest BCUT2D eigenvalue weighted by Crippen LogP contribution is 2.29. The van der Waals surface area contributed by atoms with Crippen molar-refractivity contribution in [1.82, 2.24) is 0 Å². The van der Waals surface area contributed by atoms with Crippen LogP contribution in [0.2, 0.25) is 0 Å². The minimum absolute atomic E-state index is 0.413. The highest BCUT2D eigenvalue weighted by Gasteiger charge is 2.18. The molecule has 1 aromatic rings. The van der Waals surface area contributed by atoms with Gasteiger partial charge >= 0.3 is 0 Å². The Hall–Kier alpha value is 0.250. The molecule has 1 N–H and O–H groups in total. The zero-order valence-electron chi connectivity index (χ0n) is 9.71. The maximum absolute atomic E-state index is 4.64. The van der Waals surface area contributed by atoms with Gasteiger partial charge in [-0.05, 0) is 70.1 Å². The number of amidine groups is 1. The monoisotopic (exact) mass is 424 g/mol. The lowest BCUT2D eigenvalue weighted by molar-refractivity contribution is 0.661. The van der Waals surface area contributed by atoms with Crippen LogP contribution in [0.15, 0.2) is 27.7 Å². The molecule has 0 amide bonds. The molecular weight excluding hydrogens is 411 g/mol. The Balaban J connectivity index is 2.15. The summed E-state index contributed by atoms with van der Waals surface area (Å²) in [5.41, 5.74) is 1.08. The number of hydrogen-bond acceptors (Lipinski definition) is 3. The second kappa shape index (κ2) is 5.93. The molecule has 2 atom stereocenters. The maximum Gasteiger partial charge on any atom is 0.161 e. The number of rotatable bonds is 1. The summed E-state index contributed by atoms with van der Waals surface area (Å²) >= 11 is 7.69. The summed E-state index contributed by atoms with van der Waals surface area (Å²) in [6.07, 6.45) is 1.16. The Morgan fingerprint density at radius 3 is 2.88 bits per heavy atom. The van der Waals surface area contributed by atoms with Crippen molar-refractivity contribution in [2.45, 2.75) is 31.6 Å². The fraction of sp³-hybridized carbons (Fsp3) is 0.417. The molecule has 92 valence electrons. The van der Waals surface area contributed by atoms with Crippen LogP contribution < -0.4 is 5.32 Å². The van der Waals surface area contributed by atoms with Crippen molar-refractivity contribution in [1.29, 1.82) is 0 Å². The molecule has 0 radical (unpaired) electrons. The lowest BCUT2D eigenvalue weighted by Crippen LogP contribution is -2.22. The summed E-state index contributed by atoms with van der Waals surface area (Å²) in [6.45, 7) is 4.42. The number of hydrogen-bond donors (Lipinski definition) is 1. The van der Waals surface area contributed by atoms with E-state index in [9.17, 15) is 0 Å². The van der Waals surface area contributed by atoms with Crippen LogP contribution in [0.5, 0.6) is 0 Å². The Morgan fingerprint density at radius 2 is 2.24 bits per heavy atom. The first-order chi connectivity index (χ1) is 8.04. The molecule has 5 heteroatoms. The van der Waals surface area contributed by atoms with Crippen molar-refractivity contribution in [3.8, 4) is 0 Å². The molecule has 17 heavy (non-hydrogen) atoms. The van der Waals surface area contributed by atoms with Crippen LogP contribution in [-0.4, -0.2) is 16.5 Å². The first kappa shape index (κ1) is 13.7. The molecule has 2 unspecified atom stereocenters. The lowest BCUT2D eigenvalue weighted by Gasteiger charge is -2.23. The minimum Gasteiger partial charge on any atom is -0.334 e. The van der Waals surface area contributed by atoms with E-state index in [0.29, 0.717) is 11.3 Å². The van der Waals surface area contributed by atoms with Gasteiger partial charge < -0.3 is 5.32 Å².